The molecule has 3 aromatic rings. The lowest BCUT2D eigenvalue weighted by Gasteiger charge is -2.36. The van der Waals surface area contributed by atoms with Crippen molar-refractivity contribution in [3.63, 3.8) is 0 Å². The molecule has 2 aliphatic rings. The van der Waals surface area contributed by atoms with E-state index < -0.39 is 11.6 Å². The molecule has 2 aromatic carbocycles. The molecule has 5 rings (SSSR count). The third-order valence-corrected chi connectivity index (χ3v) is 6.41. The summed E-state index contributed by atoms with van der Waals surface area (Å²) in [6.45, 7) is 4.47. The molecule has 5 heteroatoms. The fourth-order valence-corrected chi connectivity index (χ4v) is 4.61. The van der Waals surface area contributed by atoms with Crippen LogP contribution in [-0.2, 0) is 12.8 Å². The van der Waals surface area contributed by atoms with Gasteiger partial charge in [-0.15, -0.1) is 0 Å². The number of nitrogens with zero attached hydrogens (tertiary/aromatic N) is 2. The van der Waals surface area contributed by atoms with E-state index in [0.29, 0.717) is 30.0 Å². The van der Waals surface area contributed by atoms with E-state index in [0.717, 1.165) is 47.8 Å². The van der Waals surface area contributed by atoms with Crippen LogP contribution in [0.25, 0.3) is 6.08 Å². The van der Waals surface area contributed by atoms with Gasteiger partial charge in [-0.05, 0) is 72.2 Å². The summed E-state index contributed by atoms with van der Waals surface area (Å²) in [6, 6.07) is 15.2. The second-order valence-corrected chi connectivity index (χ2v) is 8.63. The Kier molecular flexibility index (Phi) is 5.33. The van der Waals surface area contributed by atoms with E-state index in [1.807, 2.05) is 41.3 Å². The zero-order valence-electron chi connectivity index (χ0n) is 17.7. The minimum Gasteiger partial charge on any atom is -0.329 e. The zero-order chi connectivity index (χ0) is 22.2. The number of rotatable bonds is 6. The Hall–Kier alpha value is -3.34. The highest BCUT2D eigenvalue weighted by molar-refractivity contribution is 5.97. The van der Waals surface area contributed by atoms with Crippen molar-refractivity contribution in [2.75, 3.05) is 6.54 Å². The summed E-state index contributed by atoms with van der Waals surface area (Å²) in [7, 11) is 0. The van der Waals surface area contributed by atoms with Gasteiger partial charge >= 0.3 is 0 Å². The quantitative estimate of drug-likeness (QED) is 0.499. The molecule has 1 aliphatic heterocycles. The van der Waals surface area contributed by atoms with E-state index in [2.05, 4.69) is 6.58 Å². The first-order chi connectivity index (χ1) is 15.5. The summed E-state index contributed by atoms with van der Waals surface area (Å²) < 4.78 is 27.4. The molecule has 32 heavy (non-hydrogen) atoms. The molecule has 0 saturated heterocycles. The van der Waals surface area contributed by atoms with Crippen LogP contribution >= 0.6 is 0 Å². The Labute approximate surface area is 186 Å². The number of pyridine rings is 1. The van der Waals surface area contributed by atoms with Gasteiger partial charge in [0.2, 0.25) is 0 Å². The maximum Gasteiger partial charge on any atom is 0.254 e. The summed E-state index contributed by atoms with van der Waals surface area (Å²) in [5, 5.41) is 0. The highest BCUT2D eigenvalue weighted by atomic mass is 19.1. The van der Waals surface area contributed by atoms with Crippen molar-refractivity contribution in [2.24, 2.45) is 5.92 Å². The fraction of sp³-hybridized carbons (Fsp3) is 0.259. The summed E-state index contributed by atoms with van der Waals surface area (Å²) in [5.74, 6) is -0.750. The third kappa shape index (κ3) is 3.95. The van der Waals surface area contributed by atoms with Gasteiger partial charge in [-0.3, -0.25) is 9.78 Å². The molecule has 1 fully saturated rings. The molecule has 1 aromatic heterocycles. The van der Waals surface area contributed by atoms with Gasteiger partial charge in [-0.25, -0.2) is 8.78 Å². The van der Waals surface area contributed by atoms with Gasteiger partial charge in [-0.1, -0.05) is 30.8 Å². The number of hydrogen-bond donors (Lipinski definition) is 0. The van der Waals surface area contributed by atoms with E-state index in [1.165, 1.54) is 12.1 Å². The van der Waals surface area contributed by atoms with E-state index >= 15 is 0 Å². The van der Waals surface area contributed by atoms with Crippen molar-refractivity contribution in [1.82, 2.24) is 9.88 Å². The van der Waals surface area contributed by atoms with Crippen LogP contribution in [0.3, 0.4) is 0 Å². The van der Waals surface area contributed by atoms with E-state index in [-0.39, 0.29) is 11.9 Å². The monoisotopic (exact) mass is 430 g/mol. The van der Waals surface area contributed by atoms with Gasteiger partial charge in [0.15, 0.2) is 0 Å². The summed E-state index contributed by atoms with van der Waals surface area (Å²) in [6.07, 6.45) is 4.98. The van der Waals surface area contributed by atoms with Gasteiger partial charge < -0.3 is 4.90 Å². The van der Waals surface area contributed by atoms with E-state index in [1.54, 1.807) is 6.08 Å². The number of halogens is 2. The molecule has 3 nitrogen and oxygen atoms in total. The Bertz CT molecular complexity index is 1200. The maximum atomic E-state index is 14.1. The Balaban J connectivity index is 1.45. The lowest BCUT2D eigenvalue weighted by Crippen LogP contribution is -2.41. The SMILES string of the molecule is C=Cc1cccc([C@@H](C2CC2)N2CCc3ccc(Cc4ccc(F)cc4F)cc3C2=O)n1. The van der Waals surface area contributed by atoms with Crippen molar-refractivity contribution in [3.05, 3.63) is 106 Å². The topological polar surface area (TPSA) is 33.2 Å². The predicted molar refractivity (Wildman–Crippen MR) is 120 cm³/mol. The second kappa shape index (κ2) is 8.30. The smallest absolute Gasteiger partial charge is 0.254 e. The molecule has 1 atom stereocenters. The van der Waals surface area contributed by atoms with E-state index in [4.69, 9.17) is 4.98 Å². The van der Waals surface area contributed by atoms with Gasteiger partial charge in [-0.2, -0.15) is 0 Å². The molecule has 0 bridgehead atoms. The van der Waals surface area contributed by atoms with Crippen LogP contribution in [0, 0.1) is 17.6 Å². The lowest BCUT2D eigenvalue weighted by molar-refractivity contribution is 0.0627. The van der Waals surface area contributed by atoms with Gasteiger partial charge in [0, 0.05) is 24.6 Å². The molecule has 1 aliphatic carbocycles. The van der Waals surface area contributed by atoms with Crippen LogP contribution in [0.4, 0.5) is 8.78 Å². The van der Waals surface area contributed by atoms with Crippen LogP contribution in [0.15, 0.2) is 61.2 Å². The molecule has 0 N–H and O–H groups in total. The molecule has 1 amide bonds. The van der Waals surface area contributed by atoms with Crippen molar-refractivity contribution in [3.8, 4) is 0 Å². The molecule has 2 heterocycles. The highest BCUT2D eigenvalue weighted by Crippen LogP contribution is 2.45. The number of amides is 1. The third-order valence-electron chi connectivity index (χ3n) is 6.41. The molecule has 162 valence electrons. The first-order valence-corrected chi connectivity index (χ1v) is 11.0. The molecule has 0 unspecified atom stereocenters. The largest absolute Gasteiger partial charge is 0.329 e. The number of fused-ring (bicyclic) bond motifs is 1. The van der Waals surface area contributed by atoms with Crippen LogP contribution in [0.2, 0.25) is 0 Å². The molecular weight excluding hydrogens is 406 g/mol. The molecule has 1 saturated carbocycles. The van der Waals surface area contributed by atoms with Crippen LogP contribution in [0.1, 0.15) is 57.3 Å². The molecule has 0 radical (unpaired) electrons. The summed E-state index contributed by atoms with van der Waals surface area (Å²) in [5.41, 5.74) is 4.64. The lowest BCUT2D eigenvalue weighted by atomic mass is 9.92. The van der Waals surface area contributed by atoms with Crippen LogP contribution < -0.4 is 0 Å². The zero-order valence-corrected chi connectivity index (χ0v) is 17.7. The van der Waals surface area contributed by atoms with Gasteiger partial charge in [0.25, 0.3) is 5.91 Å². The van der Waals surface area contributed by atoms with Crippen molar-refractivity contribution in [1.29, 1.82) is 0 Å². The van der Waals surface area contributed by atoms with Crippen LogP contribution in [0.5, 0.6) is 0 Å². The minimum absolute atomic E-state index is 0.00427. The second-order valence-electron chi connectivity index (χ2n) is 8.63. The average Bonchev–Trinajstić information content (AvgIpc) is 3.63. The minimum atomic E-state index is -0.595. The van der Waals surface area contributed by atoms with Crippen molar-refractivity contribution < 1.29 is 13.6 Å². The van der Waals surface area contributed by atoms with Crippen LogP contribution in [-0.4, -0.2) is 22.3 Å². The maximum absolute atomic E-state index is 14.1. The Morgan fingerprint density at radius 3 is 2.72 bits per heavy atom. The number of hydrogen-bond acceptors (Lipinski definition) is 2. The number of carbonyl (C=O) groups excluding carboxylic acids is 1. The standard InChI is InChI=1S/C27H24F2N2O/c1-2-22-4-3-5-25(30-22)26(19-8-9-19)31-13-12-18-7-6-17(15-23(18)27(31)32)14-20-10-11-21(28)16-24(20)29/h2-7,10-11,15-16,19,26H,1,8-9,12-14H2/t26-/m1/s1. The summed E-state index contributed by atoms with van der Waals surface area (Å²) in [4.78, 5) is 20.3. The average molecular weight is 430 g/mol. The number of benzene rings is 2. The van der Waals surface area contributed by atoms with Crippen molar-refractivity contribution in [2.45, 2.75) is 31.7 Å². The summed E-state index contributed by atoms with van der Waals surface area (Å²) >= 11 is 0. The number of aromatic nitrogens is 1. The number of carbonyl (C=O) groups is 1. The highest BCUT2D eigenvalue weighted by Gasteiger charge is 2.41. The first kappa shape index (κ1) is 20.6. The van der Waals surface area contributed by atoms with Crippen molar-refractivity contribution >= 4 is 12.0 Å². The molecule has 0 spiro atoms. The normalized spacial score (nSPS) is 16.6. The molecular formula is C27H24F2N2O. The van der Waals surface area contributed by atoms with Gasteiger partial charge in [0.1, 0.15) is 11.6 Å². The predicted octanol–water partition coefficient (Wildman–Crippen LogP) is 5.74. The Morgan fingerprint density at radius 1 is 1.12 bits per heavy atom. The van der Waals surface area contributed by atoms with Gasteiger partial charge in [0.05, 0.1) is 17.4 Å². The fourth-order valence-electron chi connectivity index (χ4n) is 4.61. The first-order valence-electron chi connectivity index (χ1n) is 11.0. The van der Waals surface area contributed by atoms with E-state index in [9.17, 15) is 13.6 Å². The Morgan fingerprint density at radius 2 is 1.97 bits per heavy atom.